The molecule has 0 fully saturated rings. The van der Waals surface area contributed by atoms with Gasteiger partial charge in [0.1, 0.15) is 24.7 Å². The SMILES string of the molecule is c1cc2c3cccc(c3c1)OCCOCCn1cc(nn1)CC[n+]1ccc(cc1)-c1cc[n+](cc1)CCc1cn(nn1)CCOCCO2. The molecule has 0 spiro atoms. The number of hydrogen-bond donors (Lipinski definition) is 0. The Labute approximate surface area is 279 Å². The van der Waals surface area contributed by atoms with Crippen LogP contribution >= 0.6 is 0 Å². The molecular formula is C36H40N8O4+2. The van der Waals surface area contributed by atoms with Gasteiger partial charge in [-0.25, -0.2) is 18.5 Å². The van der Waals surface area contributed by atoms with E-state index in [1.807, 2.05) is 58.2 Å². The summed E-state index contributed by atoms with van der Waals surface area (Å²) in [6.45, 7) is 5.77. The first-order valence-electron chi connectivity index (χ1n) is 16.5. The summed E-state index contributed by atoms with van der Waals surface area (Å²) in [6.07, 6.45) is 14.0. The summed E-state index contributed by atoms with van der Waals surface area (Å²) in [5.41, 5.74) is 4.26. The van der Waals surface area contributed by atoms with Gasteiger partial charge in [-0.15, -0.1) is 10.2 Å². The van der Waals surface area contributed by atoms with Crippen molar-refractivity contribution in [3.63, 3.8) is 0 Å². The number of nitrogens with zero attached hydrogens (tertiary/aromatic N) is 8. The third-order valence-corrected chi connectivity index (χ3v) is 8.28. The number of aryl methyl sites for hydroxylation is 4. The number of hydrogen-bond acceptors (Lipinski definition) is 8. The Morgan fingerprint density at radius 3 is 1.44 bits per heavy atom. The van der Waals surface area contributed by atoms with Gasteiger partial charge in [-0.3, -0.25) is 0 Å². The lowest BCUT2D eigenvalue weighted by Gasteiger charge is -2.13. The highest BCUT2D eigenvalue weighted by molar-refractivity contribution is 5.93. The van der Waals surface area contributed by atoms with Crippen LogP contribution in [-0.4, -0.2) is 69.6 Å². The second-order valence-corrected chi connectivity index (χ2v) is 11.6. The van der Waals surface area contributed by atoms with E-state index in [2.05, 4.69) is 78.8 Å². The molecule has 6 aromatic rings. The first kappa shape index (κ1) is 31.4. The van der Waals surface area contributed by atoms with Crippen molar-refractivity contribution in [3.8, 4) is 22.6 Å². The normalized spacial score (nSPS) is 15.5. The maximum Gasteiger partial charge on any atom is 0.169 e. The molecular weight excluding hydrogens is 608 g/mol. The molecule has 0 atom stereocenters. The average molecular weight is 649 g/mol. The monoisotopic (exact) mass is 648 g/mol. The van der Waals surface area contributed by atoms with E-state index in [1.165, 1.54) is 11.1 Å². The van der Waals surface area contributed by atoms with Crippen LogP contribution in [0.25, 0.3) is 21.9 Å². The Hall–Kier alpha value is -5.20. The Kier molecular flexibility index (Phi) is 10.2. The second-order valence-electron chi connectivity index (χ2n) is 11.6. The molecule has 12 heteroatoms. The number of benzene rings is 2. The number of ether oxygens (including phenoxy) is 4. The Morgan fingerprint density at radius 2 is 0.979 bits per heavy atom. The Morgan fingerprint density at radius 1 is 0.521 bits per heavy atom. The first-order chi connectivity index (χ1) is 23.8. The highest BCUT2D eigenvalue weighted by Gasteiger charge is 2.11. The van der Waals surface area contributed by atoms with E-state index in [0.717, 1.165) is 59.6 Å². The van der Waals surface area contributed by atoms with Crippen LogP contribution in [0.4, 0.5) is 0 Å². The van der Waals surface area contributed by atoms with Crippen molar-refractivity contribution in [2.75, 3.05) is 39.6 Å². The molecule has 7 heterocycles. The molecule has 0 unspecified atom stereocenters. The zero-order valence-corrected chi connectivity index (χ0v) is 26.9. The molecule has 0 aliphatic carbocycles. The number of fused-ring (bicyclic) bond motifs is 2. The van der Waals surface area contributed by atoms with E-state index in [9.17, 15) is 0 Å². The molecule has 4 aromatic heterocycles. The summed E-state index contributed by atoms with van der Waals surface area (Å²) in [5, 5.41) is 19.2. The van der Waals surface area contributed by atoms with Crippen LogP contribution in [0.2, 0.25) is 0 Å². The molecule has 3 aliphatic heterocycles. The van der Waals surface area contributed by atoms with Crippen LogP contribution in [0, 0.1) is 0 Å². The van der Waals surface area contributed by atoms with Crippen molar-refractivity contribution in [1.29, 1.82) is 0 Å². The topological polar surface area (TPSA) is 106 Å². The number of aromatic nitrogens is 8. The molecule has 12 bridgehead atoms. The van der Waals surface area contributed by atoms with Crippen molar-refractivity contribution in [2.45, 2.75) is 39.0 Å². The first-order valence-corrected chi connectivity index (χ1v) is 16.5. The zero-order valence-electron chi connectivity index (χ0n) is 26.9. The van der Waals surface area contributed by atoms with Crippen molar-refractivity contribution in [1.82, 2.24) is 30.0 Å². The summed E-state index contributed by atoms with van der Waals surface area (Å²) < 4.78 is 31.9. The van der Waals surface area contributed by atoms with E-state index in [1.54, 1.807) is 0 Å². The number of pyridine rings is 2. The summed E-state index contributed by atoms with van der Waals surface area (Å²) in [7, 11) is 0. The summed E-state index contributed by atoms with van der Waals surface area (Å²) in [5.74, 6) is 1.60. The lowest BCUT2D eigenvalue weighted by Crippen LogP contribution is -2.34. The largest absolute Gasteiger partial charge is 0.491 e. The molecule has 2 aromatic carbocycles. The molecule has 48 heavy (non-hydrogen) atoms. The van der Waals surface area contributed by atoms with Crippen LogP contribution in [0.1, 0.15) is 11.4 Å². The summed E-state index contributed by atoms with van der Waals surface area (Å²) in [4.78, 5) is 0. The summed E-state index contributed by atoms with van der Waals surface area (Å²) in [6, 6.07) is 20.6. The lowest BCUT2D eigenvalue weighted by molar-refractivity contribution is -0.696. The van der Waals surface area contributed by atoms with Gasteiger partial charge in [0.15, 0.2) is 37.9 Å². The van der Waals surface area contributed by atoms with Gasteiger partial charge in [-0.2, -0.15) is 0 Å². The van der Waals surface area contributed by atoms with Crippen LogP contribution in [0.3, 0.4) is 0 Å². The third-order valence-electron chi connectivity index (χ3n) is 8.28. The molecule has 0 N–H and O–H groups in total. The molecule has 0 saturated heterocycles. The third kappa shape index (κ3) is 8.20. The van der Waals surface area contributed by atoms with Crippen LogP contribution in [0.5, 0.6) is 11.5 Å². The maximum absolute atomic E-state index is 6.09. The maximum atomic E-state index is 6.09. The van der Waals surface area contributed by atoms with Crippen molar-refractivity contribution in [2.24, 2.45) is 0 Å². The van der Waals surface area contributed by atoms with E-state index < -0.39 is 0 Å². The molecule has 0 amide bonds. The highest BCUT2D eigenvalue weighted by Crippen LogP contribution is 2.32. The van der Waals surface area contributed by atoms with Gasteiger partial charge in [-0.1, -0.05) is 34.7 Å². The summed E-state index contributed by atoms with van der Waals surface area (Å²) >= 11 is 0. The smallest absolute Gasteiger partial charge is 0.169 e. The average Bonchev–Trinajstić information content (AvgIpc) is 3.79. The molecule has 3 aliphatic rings. The minimum absolute atomic E-state index is 0.439. The fourth-order valence-electron chi connectivity index (χ4n) is 5.66. The minimum atomic E-state index is 0.439. The van der Waals surface area contributed by atoms with E-state index in [4.69, 9.17) is 18.9 Å². The molecule has 0 saturated carbocycles. The second kappa shape index (κ2) is 15.6. The van der Waals surface area contributed by atoms with Crippen LogP contribution < -0.4 is 18.6 Å². The van der Waals surface area contributed by atoms with E-state index in [0.29, 0.717) is 52.7 Å². The highest BCUT2D eigenvalue weighted by atomic mass is 16.5. The standard InChI is InChI=1S/C36H40N8O4/c1-3-33-34-4-2-6-36(33)48-26-24-46-22-20-44-28-32(38-40-44)12-18-42-15-9-30(10-16-42)29-7-13-41(14-8-29)17-11-31-27-43(39-37-31)19-21-45-23-25-47-35(34)5-1/h1-10,13-16,27-28H,11-12,17-26H2/q+2. The van der Waals surface area contributed by atoms with Gasteiger partial charge in [-0.05, 0) is 23.3 Å². The lowest BCUT2D eigenvalue weighted by atomic mass is 10.1. The van der Waals surface area contributed by atoms with Crippen molar-refractivity contribution >= 4 is 10.8 Å². The van der Waals surface area contributed by atoms with E-state index in [-0.39, 0.29) is 0 Å². The predicted molar refractivity (Wildman–Crippen MR) is 176 cm³/mol. The molecule has 246 valence electrons. The fourth-order valence-corrected chi connectivity index (χ4v) is 5.66. The van der Waals surface area contributed by atoms with Crippen LogP contribution in [0.15, 0.2) is 97.8 Å². The van der Waals surface area contributed by atoms with E-state index >= 15 is 0 Å². The Balaban J connectivity index is 0.999. The zero-order chi connectivity index (χ0) is 32.4. The van der Waals surface area contributed by atoms with Crippen molar-refractivity contribution < 1.29 is 28.1 Å². The van der Waals surface area contributed by atoms with Gasteiger partial charge < -0.3 is 18.9 Å². The fraction of sp³-hybridized carbons (Fsp3) is 0.333. The van der Waals surface area contributed by atoms with Gasteiger partial charge in [0.2, 0.25) is 0 Å². The van der Waals surface area contributed by atoms with Crippen LogP contribution in [-0.2, 0) is 48.5 Å². The van der Waals surface area contributed by atoms with Crippen molar-refractivity contribution in [3.05, 3.63) is 109 Å². The molecule has 0 radical (unpaired) electrons. The number of rotatable bonds is 0. The quantitative estimate of drug-likeness (QED) is 0.231. The van der Waals surface area contributed by atoms with Gasteiger partial charge in [0.25, 0.3) is 0 Å². The minimum Gasteiger partial charge on any atom is -0.491 e. The molecule has 9 rings (SSSR count). The van der Waals surface area contributed by atoms with Gasteiger partial charge in [0.05, 0.1) is 63.7 Å². The molecule has 12 nitrogen and oxygen atoms in total. The van der Waals surface area contributed by atoms with Gasteiger partial charge >= 0.3 is 0 Å². The van der Waals surface area contributed by atoms with Gasteiger partial charge in [0, 0.05) is 47.4 Å². The Bertz CT molecular complexity index is 1770. The predicted octanol–water partition coefficient (Wildman–Crippen LogP) is 3.25.